The molecule has 2 aromatic carbocycles. The molecule has 5 nitrogen and oxygen atoms in total. The van der Waals surface area contributed by atoms with E-state index >= 15 is 0 Å². The van der Waals surface area contributed by atoms with E-state index in [0.717, 1.165) is 27.8 Å². The third kappa shape index (κ3) is 4.86. The molecule has 3 rings (SSSR count). The van der Waals surface area contributed by atoms with Gasteiger partial charge in [-0.3, -0.25) is 19.3 Å². The van der Waals surface area contributed by atoms with Gasteiger partial charge >= 0.3 is 0 Å². The zero-order chi connectivity index (χ0) is 20.1. The Labute approximate surface area is 166 Å². The van der Waals surface area contributed by atoms with Crippen LogP contribution in [-0.2, 0) is 16.0 Å². The lowest BCUT2D eigenvalue weighted by atomic mass is 10.1. The molecule has 0 spiro atoms. The highest BCUT2D eigenvalue weighted by molar-refractivity contribution is 8.18. The molecule has 1 saturated heterocycles. The number of carbonyl (C=O) groups is 3. The molecular weight excluding hydrogens is 379 g/mol. The van der Waals surface area contributed by atoms with Gasteiger partial charge in [0.05, 0.1) is 11.3 Å². The van der Waals surface area contributed by atoms with Gasteiger partial charge in [0.2, 0.25) is 5.91 Å². The van der Waals surface area contributed by atoms with Crippen LogP contribution in [-0.4, -0.2) is 35.0 Å². The summed E-state index contributed by atoms with van der Waals surface area (Å²) in [5.41, 5.74) is 2.22. The van der Waals surface area contributed by atoms with Crippen LogP contribution in [0.5, 0.6) is 0 Å². The van der Waals surface area contributed by atoms with Crippen molar-refractivity contribution in [1.82, 2.24) is 10.2 Å². The van der Waals surface area contributed by atoms with Crippen molar-refractivity contribution in [3.8, 4) is 0 Å². The number of hydrogen-bond donors (Lipinski definition) is 1. The van der Waals surface area contributed by atoms with Gasteiger partial charge in [-0.05, 0) is 36.4 Å². The molecule has 0 aliphatic carbocycles. The van der Waals surface area contributed by atoms with Crippen LogP contribution in [0.25, 0.3) is 6.08 Å². The Morgan fingerprint density at radius 2 is 1.96 bits per heavy atom. The van der Waals surface area contributed by atoms with Gasteiger partial charge in [-0.2, -0.15) is 0 Å². The van der Waals surface area contributed by atoms with Crippen LogP contribution in [0.4, 0.5) is 9.18 Å². The molecule has 1 N–H and O–H groups in total. The minimum absolute atomic E-state index is 0.0683. The van der Waals surface area contributed by atoms with Crippen LogP contribution in [0, 0.1) is 12.7 Å². The minimum Gasteiger partial charge on any atom is -0.354 e. The zero-order valence-electron chi connectivity index (χ0n) is 15.3. The van der Waals surface area contributed by atoms with Crippen molar-refractivity contribution in [2.24, 2.45) is 0 Å². The molecule has 0 bridgehead atoms. The van der Waals surface area contributed by atoms with E-state index in [9.17, 15) is 18.8 Å². The molecule has 0 unspecified atom stereocenters. The minimum atomic E-state index is -0.480. The molecule has 1 aliphatic rings. The van der Waals surface area contributed by atoms with Gasteiger partial charge in [0, 0.05) is 18.7 Å². The van der Waals surface area contributed by atoms with E-state index in [1.165, 1.54) is 18.2 Å². The van der Waals surface area contributed by atoms with Gasteiger partial charge in [-0.25, -0.2) is 4.39 Å². The predicted molar refractivity (Wildman–Crippen MR) is 107 cm³/mol. The smallest absolute Gasteiger partial charge is 0.293 e. The molecule has 0 aromatic heterocycles. The Balaban J connectivity index is 1.55. The Morgan fingerprint density at radius 3 is 2.71 bits per heavy atom. The first-order valence-electron chi connectivity index (χ1n) is 8.76. The first kappa shape index (κ1) is 19.8. The number of imide groups is 1. The number of benzene rings is 2. The fourth-order valence-electron chi connectivity index (χ4n) is 2.80. The summed E-state index contributed by atoms with van der Waals surface area (Å²) in [7, 11) is 0. The van der Waals surface area contributed by atoms with Crippen LogP contribution in [0.15, 0.2) is 53.4 Å². The largest absolute Gasteiger partial charge is 0.354 e. The van der Waals surface area contributed by atoms with Crippen LogP contribution >= 0.6 is 11.8 Å². The van der Waals surface area contributed by atoms with Gasteiger partial charge in [-0.15, -0.1) is 0 Å². The number of halogens is 1. The van der Waals surface area contributed by atoms with E-state index in [4.69, 9.17) is 0 Å². The topological polar surface area (TPSA) is 66.5 Å². The highest BCUT2D eigenvalue weighted by atomic mass is 32.2. The van der Waals surface area contributed by atoms with Gasteiger partial charge in [0.15, 0.2) is 0 Å². The third-order valence-corrected chi connectivity index (χ3v) is 5.08. The lowest BCUT2D eigenvalue weighted by molar-refractivity contribution is -0.124. The molecule has 0 saturated carbocycles. The lowest BCUT2D eigenvalue weighted by Crippen LogP contribution is -2.37. The Hall–Kier alpha value is -2.93. The molecule has 2 aromatic rings. The Morgan fingerprint density at radius 1 is 1.18 bits per heavy atom. The summed E-state index contributed by atoms with van der Waals surface area (Å²) >= 11 is 0.768. The second-order valence-electron chi connectivity index (χ2n) is 6.37. The number of nitrogens with zero attached hydrogens (tertiary/aromatic N) is 1. The lowest BCUT2D eigenvalue weighted by Gasteiger charge is -2.13. The average molecular weight is 398 g/mol. The first-order valence-corrected chi connectivity index (χ1v) is 9.58. The summed E-state index contributed by atoms with van der Waals surface area (Å²) in [6, 6.07) is 13.7. The van der Waals surface area contributed by atoms with Crippen molar-refractivity contribution in [2.45, 2.75) is 13.3 Å². The first-order chi connectivity index (χ1) is 13.4. The summed E-state index contributed by atoms with van der Waals surface area (Å²) in [6.07, 6.45) is 1.60. The monoisotopic (exact) mass is 398 g/mol. The molecule has 0 atom stereocenters. The molecule has 1 heterocycles. The maximum atomic E-state index is 13.7. The quantitative estimate of drug-likeness (QED) is 0.756. The molecule has 144 valence electrons. The van der Waals surface area contributed by atoms with E-state index in [1.54, 1.807) is 12.1 Å². The van der Waals surface area contributed by atoms with Crippen molar-refractivity contribution in [3.05, 3.63) is 75.9 Å². The average Bonchev–Trinajstić information content (AvgIpc) is 2.91. The summed E-state index contributed by atoms with van der Waals surface area (Å²) in [5.74, 6) is -1.12. The van der Waals surface area contributed by atoms with Crippen molar-refractivity contribution in [1.29, 1.82) is 0 Å². The highest BCUT2D eigenvalue weighted by Gasteiger charge is 2.34. The summed E-state index contributed by atoms with van der Waals surface area (Å²) < 4.78 is 13.7. The van der Waals surface area contributed by atoms with Crippen LogP contribution in [0.2, 0.25) is 0 Å². The number of rotatable bonds is 6. The fourth-order valence-corrected chi connectivity index (χ4v) is 3.66. The van der Waals surface area contributed by atoms with Crippen LogP contribution in [0.1, 0.15) is 16.7 Å². The normalized spacial score (nSPS) is 15.4. The zero-order valence-corrected chi connectivity index (χ0v) is 16.1. The Bertz CT molecular complexity index is 958. The van der Waals surface area contributed by atoms with E-state index < -0.39 is 17.0 Å². The van der Waals surface area contributed by atoms with Crippen molar-refractivity contribution < 1.29 is 18.8 Å². The van der Waals surface area contributed by atoms with Crippen LogP contribution in [0.3, 0.4) is 0 Å². The number of carbonyl (C=O) groups excluding carboxylic acids is 3. The second kappa shape index (κ2) is 8.84. The number of aryl methyl sites for hydroxylation is 1. The molecule has 3 amide bonds. The standard InChI is InChI=1S/C21H19FN2O3S/c1-14-5-4-6-15(11-14)12-19(25)23-9-10-24-20(26)18(28-21(24)27)13-16-7-2-3-8-17(16)22/h2-8,11,13H,9-10,12H2,1H3,(H,23,25). The maximum Gasteiger partial charge on any atom is 0.293 e. The van der Waals surface area contributed by atoms with Crippen molar-refractivity contribution >= 4 is 34.9 Å². The van der Waals surface area contributed by atoms with Gasteiger partial charge in [-0.1, -0.05) is 48.0 Å². The molecule has 7 heteroatoms. The molecular formula is C21H19FN2O3S. The molecule has 1 aliphatic heterocycles. The van der Waals surface area contributed by atoms with E-state index in [1.807, 2.05) is 31.2 Å². The summed E-state index contributed by atoms with van der Waals surface area (Å²) in [4.78, 5) is 37.8. The maximum absolute atomic E-state index is 13.7. The SMILES string of the molecule is Cc1cccc(CC(=O)NCCN2C(=O)SC(=Cc3ccccc3F)C2=O)c1. The van der Waals surface area contributed by atoms with Gasteiger partial charge < -0.3 is 5.32 Å². The number of hydrogen-bond acceptors (Lipinski definition) is 4. The van der Waals surface area contributed by atoms with Crippen molar-refractivity contribution in [3.63, 3.8) is 0 Å². The predicted octanol–water partition coefficient (Wildman–Crippen LogP) is 3.53. The van der Waals surface area contributed by atoms with Crippen molar-refractivity contribution in [2.75, 3.05) is 13.1 Å². The molecule has 28 heavy (non-hydrogen) atoms. The van der Waals surface area contributed by atoms with Gasteiger partial charge in [0.25, 0.3) is 11.1 Å². The van der Waals surface area contributed by atoms with E-state index in [2.05, 4.69) is 5.32 Å². The molecule has 1 fully saturated rings. The number of nitrogens with one attached hydrogen (secondary N) is 1. The summed E-state index contributed by atoms with van der Waals surface area (Å²) in [6.45, 7) is 2.19. The second-order valence-corrected chi connectivity index (χ2v) is 7.36. The Kier molecular flexibility index (Phi) is 6.26. The highest BCUT2D eigenvalue weighted by Crippen LogP contribution is 2.32. The van der Waals surface area contributed by atoms with E-state index in [0.29, 0.717) is 0 Å². The van der Waals surface area contributed by atoms with Gasteiger partial charge in [0.1, 0.15) is 5.82 Å². The van der Waals surface area contributed by atoms with E-state index in [-0.39, 0.29) is 35.9 Å². The number of thioether (sulfide) groups is 1. The fraction of sp³-hybridized carbons (Fsp3) is 0.190. The summed E-state index contributed by atoms with van der Waals surface area (Å²) in [5, 5.41) is 2.29. The molecule has 0 radical (unpaired) electrons. The number of amides is 3. The van der Waals surface area contributed by atoms with Crippen LogP contribution < -0.4 is 5.32 Å². The third-order valence-electron chi connectivity index (χ3n) is 4.17.